The largest absolute Gasteiger partial charge is 0.496 e. The van der Waals surface area contributed by atoms with Crippen LogP contribution < -0.4 is 9.47 Å². The first-order valence-electron chi connectivity index (χ1n) is 9.61. The number of aliphatic hydroxyl groups is 1. The van der Waals surface area contributed by atoms with E-state index in [-0.39, 0.29) is 5.92 Å². The van der Waals surface area contributed by atoms with Crippen LogP contribution in [0.1, 0.15) is 30.9 Å². The standard InChI is InChI=1S/C22H27NO3S/c1-4-26-16-8-9-17-20(14-16)27-19-7-5-6-18(25-3)21(19)22(17,24)15-10-12-23(2)13-11-15/h5-9,14-15,24H,4,10-13H2,1-3H3. The van der Waals surface area contributed by atoms with Crippen LogP contribution in [0.3, 0.4) is 0 Å². The highest BCUT2D eigenvalue weighted by molar-refractivity contribution is 7.99. The Kier molecular flexibility index (Phi) is 5.10. The summed E-state index contributed by atoms with van der Waals surface area (Å²) in [5.41, 5.74) is 0.848. The van der Waals surface area contributed by atoms with E-state index in [0.717, 1.165) is 58.3 Å². The van der Waals surface area contributed by atoms with E-state index in [4.69, 9.17) is 9.47 Å². The van der Waals surface area contributed by atoms with Gasteiger partial charge in [-0.25, -0.2) is 0 Å². The molecule has 1 fully saturated rings. The first-order valence-corrected chi connectivity index (χ1v) is 10.4. The zero-order valence-electron chi connectivity index (χ0n) is 16.2. The minimum Gasteiger partial charge on any atom is -0.496 e. The summed E-state index contributed by atoms with van der Waals surface area (Å²) in [5.74, 6) is 1.77. The summed E-state index contributed by atoms with van der Waals surface area (Å²) in [6.45, 7) is 4.61. The van der Waals surface area contributed by atoms with E-state index in [2.05, 4.69) is 24.1 Å². The topological polar surface area (TPSA) is 41.9 Å². The third-order valence-corrected chi connectivity index (χ3v) is 6.91. The zero-order chi connectivity index (χ0) is 19.0. The van der Waals surface area contributed by atoms with Gasteiger partial charge < -0.3 is 19.5 Å². The third kappa shape index (κ3) is 3.12. The second-order valence-corrected chi connectivity index (χ2v) is 8.45. The Morgan fingerprint density at radius 1 is 1.19 bits per heavy atom. The van der Waals surface area contributed by atoms with Crippen LogP contribution in [0.15, 0.2) is 46.2 Å². The molecule has 144 valence electrons. The Morgan fingerprint density at radius 3 is 2.67 bits per heavy atom. The van der Waals surface area contributed by atoms with Crippen LogP contribution in [0, 0.1) is 5.92 Å². The smallest absolute Gasteiger partial charge is 0.126 e. The summed E-state index contributed by atoms with van der Waals surface area (Å²) in [4.78, 5) is 4.47. The number of likely N-dealkylation sites (tertiary alicyclic amines) is 1. The lowest BCUT2D eigenvalue weighted by molar-refractivity contribution is -0.0176. The zero-order valence-corrected chi connectivity index (χ0v) is 17.0. The lowest BCUT2D eigenvalue weighted by atomic mass is 9.71. The SMILES string of the molecule is CCOc1ccc2c(c1)Sc1cccc(OC)c1C2(O)C1CCN(C)CC1. The molecule has 1 saturated heterocycles. The molecular weight excluding hydrogens is 358 g/mol. The number of piperidine rings is 1. The van der Waals surface area contributed by atoms with Crippen LogP contribution in [-0.4, -0.2) is 43.9 Å². The molecule has 0 aliphatic carbocycles. The fourth-order valence-corrected chi connectivity index (χ4v) is 5.65. The molecule has 1 atom stereocenters. The molecule has 5 heteroatoms. The molecule has 0 spiro atoms. The molecule has 1 unspecified atom stereocenters. The molecule has 0 amide bonds. The molecule has 0 radical (unpaired) electrons. The Balaban J connectivity index is 1.88. The maximum Gasteiger partial charge on any atom is 0.126 e. The number of nitrogens with zero attached hydrogens (tertiary/aromatic N) is 1. The number of benzene rings is 2. The summed E-state index contributed by atoms with van der Waals surface area (Å²) in [6, 6.07) is 12.1. The van der Waals surface area contributed by atoms with Crippen LogP contribution in [0.25, 0.3) is 0 Å². The predicted octanol–water partition coefficient (Wildman–Crippen LogP) is 4.14. The van der Waals surface area contributed by atoms with Crippen molar-refractivity contribution in [3.63, 3.8) is 0 Å². The lowest BCUT2D eigenvalue weighted by Gasteiger charge is -2.45. The molecule has 2 aliphatic heterocycles. The van der Waals surface area contributed by atoms with Crippen LogP contribution in [0.2, 0.25) is 0 Å². The second kappa shape index (κ2) is 7.38. The van der Waals surface area contributed by atoms with E-state index < -0.39 is 5.60 Å². The maximum atomic E-state index is 12.3. The van der Waals surface area contributed by atoms with Crippen molar-refractivity contribution in [3.05, 3.63) is 47.5 Å². The highest BCUT2D eigenvalue weighted by atomic mass is 32.2. The summed E-state index contributed by atoms with van der Waals surface area (Å²) < 4.78 is 11.4. The van der Waals surface area contributed by atoms with Gasteiger partial charge in [-0.1, -0.05) is 23.9 Å². The first kappa shape index (κ1) is 18.7. The van der Waals surface area contributed by atoms with Gasteiger partial charge in [0.25, 0.3) is 0 Å². The molecule has 0 saturated carbocycles. The van der Waals surface area contributed by atoms with Gasteiger partial charge in [0, 0.05) is 20.9 Å². The normalized spacial score (nSPS) is 22.8. The minimum atomic E-state index is -1.05. The van der Waals surface area contributed by atoms with Gasteiger partial charge >= 0.3 is 0 Å². The van der Waals surface area contributed by atoms with Crippen LogP contribution in [0.5, 0.6) is 11.5 Å². The number of hydrogen-bond donors (Lipinski definition) is 1. The molecule has 4 rings (SSSR count). The van der Waals surface area contributed by atoms with Gasteiger partial charge in [-0.2, -0.15) is 0 Å². The van der Waals surface area contributed by atoms with Gasteiger partial charge in [0.15, 0.2) is 0 Å². The van der Waals surface area contributed by atoms with Crippen molar-refractivity contribution in [2.45, 2.75) is 35.2 Å². The van der Waals surface area contributed by atoms with Crippen molar-refractivity contribution in [2.75, 3.05) is 33.9 Å². The molecule has 27 heavy (non-hydrogen) atoms. The van der Waals surface area contributed by atoms with E-state index in [1.165, 1.54) is 0 Å². The van der Waals surface area contributed by atoms with Crippen molar-refractivity contribution in [2.24, 2.45) is 5.92 Å². The summed E-state index contributed by atoms with van der Waals surface area (Å²) in [7, 11) is 3.83. The molecule has 2 heterocycles. The van der Waals surface area contributed by atoms with E-state index in [9.17, 15) is 5.11 Å². The van der Waals surface area contributed by atoms with Crippen molar-refractivity contribution >= 4 is 11.8 Å². The summed E-state index contributed by atoms with van der Waals surface area (Å²) >= 11 is 1.69. The minimum absolute atomic E-state index is 0.154. The fourth-order valence-electron chi connectivity index (χ4n) is 4.40. The average Bonchev–Trinajstić information content (AvgIpc) is 2.68. The van der Waals surface area contributed by atoms with Crippen molar-refractivity contribution in [3.8, 4) is 11.5 Å². The van der Waals surface area contributed by atoms with Gasteiger partial charge in [-0.3, -0.25) is 0 Å². The highest BCUT2D eigenvalue weighted by Crippen LogP contribution is 2.56. The second-order valence-electron chi connectivity index (χ2n) is 7.37. The van der Waals surface area contributed by atoms with Gasteiger partial charge in [-0.05, 0) is 70.1 Å². The van der Waals surface area contributed by atoms with Gasteiger partial charge in [0.05, 0.1) is 13.7 Å². The fraction of sp³-hybridized carbons (Fsp3) is 0.455. The van der Waals surface area contributed by atoms with Gasteiger partial charge in [-0.15, -0.1) is 0 Å². The van der Waals surface area contributed by atoms with Crippen LogP contribution in [0.4, 0.5) is 0 Å². The highest BCUT2D eigenvalue weighted by Gasteiger charge is 2.48. The first-order chi connectivity index (χ1) is 13.1. The van der Waals surface area contributed by atoms with Crippen LogP contribution in [-0.2, 0) is 5.60 Å². The Morgan fingerprint density at radius 2 is 1.96 bits per heavy atom. The number of methoxy groups -OCH3 is 1. The number of hydrogen-bond acceptors (Lipinski definition) is 5. The lowest BCUT2D eigenvalue weighted by Crippen LogP contribution is -2.44. The number of ether oxygens (including phenoxy) is 2. The molecule has 0 bridgehead atoms. The van der Waals surface area contributed by atoms with Crippen LogP contribution >= 0.6 is 11.8 Å². The molecule has 2 aromatic rings. The van der Waals surface area contributed by atoms with E-state index >= 15 is 0 Å². The van der Waals surface area contributed by atoms with Gasteiger partial charge in [0.2, 0.25) is 0 Å². The molecule has 0 aromatic heterocycles. The third-order valence-electron chi connectivity index (χ3n) is 5.79. The summed E-state index contributed by atoms with van der Waals surface area (Å²) in [5, 5.41) is 12.3. The van der Waals surface area contributed by atoms with E-state index in [1.807, 2.05) is 31.2 Å². The molecule has 4 nitrogen and oxygen atoms in total. The quantitative estimate of drug-likeness (QED) is 0.857. The molecule has 2 aliphatic rings. The Hall–Kier alpha value is -1.69. The number of fused-ring (bicyclic) bond motifs is 2. The Bertz CT molecular complexity index is 832. The van der Waals surface area contributed by atoms with Crippen molar-refractivity contribution in [1.82, 2.24) is 4.90 Å². The Labute approximate surface area is 165 Å². The van der Waals surface area contributed by atoms with E-state index in [0.29, 0.717) is 6.61 Å². The average molecular weight is 386 g/mol. The monoisotopic (exact) mass is 385 g/mol. The van der Waals surface area contributed by atoms with Crippen molar-refractivity contribution in [1.29, 1.82) is 0 Å². The maximum absolute atomic E-state index is 12.3. The van der Waals surface area contributed by atoms with E-state index in [1.54, 1.807) is 18.9 Å². The number of rotatable bonds is 4. The molecule has 2 aromatic carbocycles. The van der Waals surface area contributed by atoms with Crippen molar-refractivity contribution < 1.29 is 14.6 Å². The predicted molar refractivity (Wildman–Crippen MR) is 108 cm³/mol. The molecule has 1 N–H and O–H groups in total. The molecular formula is C22H27NO3S. The van der Waals surface area contributed by atoms with Gasteiger partial charge in [0.1, 0.15) is 17.1 Å². The summed E-state index contributed by atoms with van der Waals surface area (Å²) in [6.07, 6.45) is 1.92.